The van der Waals surface area contributed by atoms with Gasteiger partial charge >= 0.3 is 0 Å². The van der Waals surface area contributed by atoms with Crippen molar-refractivity contribution in [1.29, 1.82) is 0 Å². The van der Waals surface area contributed by atoms with Crippen LogP contribution in [-0.4, -0.2) is 40.4 Å². The first-order valence-electron chi connectivity index (χ1n) is 10.6. The molecule has 0 unspecified atom stereocenters. The van der Waals surface area contributed by atoms with Gasteiger partial charge in [0.05, 0.1) is 7.11 Å². The van der Waals surface area contributed by atoms with Crippen molar-refractivity contribution in [2.24, 2.45) is 0 Å². The number of amides is 2. The van der Waals surface area contributed by atoms with E-state index in [4.69, 9.17) is 4.74 Å². The summed E-state index contributed by atoms with van der Waals surface area (Å²) >= 11 is 0. The van der Waals surface area contributed by atoms with Crippen LogP contribution in [0, 0.1) is 6.92 Å². The van der Waals surface area contributed by atoms with Crippen molar-refractivity contribution in [2.75, 3.05) is 19.5 Å². The van der Waals surface area contributed by atoms with Gasteiger partial charge in [-0.15, -0.1) is 0 Å². The highest BCUT2D eigenvalue weighted by Crippen LogP contribution is 2.26. The topological polar surface area (TPSA) is 114 Å². The molecule has 3 rings (SSSR count). The van der Waals surface area contributed by atoms with Crippen LogP contribution < -0.4 is 20.1 Å². The van der Waals surface area contributed by atoms with Gasteiger partial charge in [-0.05, 0) is 68.8 Å². The number of benzene rings is 2. The smallest absolute Gasteiger partial charge is 0.255 e. The Balaban J connectivity index is 1.75. The molecule has 1 aliphatic carbocycles. The Bertz CT molecular complexity index is 1110. The summed E-state index contributed by atoms with van der Waals surface area (Å²) in [5, 5.41) is 5.87. The third kappa shape index (κ3) is 5.46. The van der Waals surface area contributed by atoms with Crippen LogP contribution in [0.1, 0.15) is 58.4 Å². The van der Waals surface area contributed by atoms with Crippen molar-refractivity contribution in [2.45, 2.75) is 50.0 Å². The summed E-state index contributed by atoms with van der Waals surface area (Å²) in [5.74, 6) is -0.446. The minimum atomic E-state index is -3.80. The summed E-state index contributed by atoms with van der Waals surface area (Å²) in [4.78, 5) is 25.2. The molecule has 2 amide bonds. The number of ether oxygens (including phenoxy) is 1. The lowest BCUT2D eigenvalue weighted by atomic mass is 9.95. The van der Waals surface area contributed by atoms with E-state index in [1.807, 2.05) is 0 Å². The molecule has 9 heteroatoms. The number of nitrogens with one attached hydrogen (secondary N) is 3. The molecule has 1 aliphatic rings. The number of aryl methyl sites for hydroxylation is 1. The molecule has 0 atom stereocenters. The predicted molar refractivity (Wildman–Crippen MR) is 123 cm³/mol. The zero-order valence-electron chi connectivity index (χ0n) is 18.5. The normalized spacial score (nSPS) is 14.6. The minimum Gasteiger partial charge on any atom is -0.495 e. The molecule has 3 N–H and O–H groups in total. The molecule has 1 saturated carbocycles. The Labute approximate surface area is 188 Å². The monoisotopic (exact) mass is 459 g/mol. The molecule has 172 valence electrons. The van der Waals surface area contributed by atoms with Crippen LogP contribution in [0.2, 0.25) is 0 Å². The van der Waals surface area contributed by atoms with E-state index < -0.39 is 15.9 Å². The Morgan fingerprint density at radius 2 is 1.62 bits per heavy atom. The quantitative estimate of drug-likeness (QED) is 0.588. The molecular formula is C23H29N3O5S. The van der Waals surface area contributed by atoms with Gasteiger partial charge < -0.3 is 15.4 Å². The van der Waals surface area contributed by atoms with Gasteiger partial charge in [0, 0.05) is 22.9 Å². The summed E-state index contributed by atoms with van der Waals surface area (Å²) in [7, 11) is -1.16. The average Bonchev–Trinajstić information content (AvgIpc) is 2.80. The van der Waals surface area contributed by atoms with Gasteiger partial charge in [-0.25, -0.2) is 13.1 Å². The SMILES string of the molecule is CNS(=O)(=O)c1cc(C(=O)Nc2ccc(C(=O)NC3CCCCC3)cc2C)ccc1OC. The fourth-order valence-electron chi connectivity index (χ4n) is 3.79. The number of anilines is 1. The Hall–Kier alpha value is -2.91. The number of sulfonamides is 1. The number of methoxy groups -OCH3 is 1. The van der Waals surface area contributed by atoms with Crippen molar-refractivity contribution in [3.63, 3.8) is 0 Å². The van der Waals surface area contributed by atoms with Crippen molar-refractivity contribution in [1.82, 2.24) is 10.0 Å². The lowest BCUT2D eigenvalue weighted by Gasteiger charge is -2.23. The molecule has 2 aromatic rings. The van der Waals surface area contributed by atoms with Crippen LogP contribution >= 0.6 is 0 Å². The number of hydrogen-bond acceptors (Lipinski definition) is 5. The highest BCUT2D eigenvalue weighted by molar-refractivity contribution is 7.89. The van der Waals surface area contributed by atoms with Crippen LogP contribution in [0.15, 0.2) is 41.3 Å². The van der Waals surface area contributed by atoms with Crippen LogP contribution in [0.5, 0.6) is 5.75 Å². The largest absolute Gasteiger partial charge is 0.495 e. The summed E-state index contributed by atoms with van der Waals surface area (Å²) in [5.41, 5.74) is 1.97. The second kappa shape index (κ2) is 10.1. The highest BCUT2D eigenvalue weighted by Gasteiger charge is 2.21. The standard InChI is InChI=1S/C23H29N3O5S/c1-15-13-16(22(27)25-18-7-5-4-6-8-18)9-11-19(15)26-23(28)17-10-12-20(31-3)21(14-17)32(29,30)24-2/h9-14,18,24H,4-8H2,1-3H3,(H,25,27)(H,26,28). The fourth-order valence-corrected chi connectivity index (χ4v) is 4.71. The van der Waals surface area contributed by atoms with Crippen molar-refractivity contribution < 1.29 is 22.7 Å². The van der Waals surface area contributed by atoms with Crippen LogP contribution in [-0.2, 0) is 10.0 Å². The first kappa shape index (κ1) is 23.7. The maximum Gasteiger partial charge on any atom is 0.255 e. The number of carbonyl (C=O) groups excluding carboxylic acids is 2. The lowest BCUT2D eigenvalue weighted by Crippen LogP contribution is -2.36. The Kier molecular flexibility index (Phi) is 7.52. The fraction of sp³-hybridized carbons (Fsp3) is 0.391. The third-order valence-corrected chi connectivity index (χ3v) is 7.10. The molecule has 0 radical (unpaired) electrons. The second-order valence-electron chi connectivity index (χ2n) is 7.87. The Morgan fingerprint density at radius 1 is 0.969 bits per heavy atom. The molecule has 0 heterocycles. The summed E-state index contributed by atoms with van der Waals surface area (Å²) in [6, 6.07) is 9.49. The Morgan fingerprint density at radius 3 is 2.25 bits per heavy atom. The van der Waals surface area contributed by atoms with Gasteiger partial charge in [0.1, 0.15) is 10.6 Å². The molecule has 0 bridgehead atoms. The molecule has 8 nitrogen and oxygen atoms in total. The third-order valence-electron chi connectivity index (χ3n) is 5.66. The number of carbonyl (C=O) groups is 2. The lowest BCUT2D eigenvalue weighted by molar-refractivity contribution is 0.0927. The second-order valence-corrected chi connectivity index (χ2v) is 9.72. The van der Waals surface area contributed by atoms with E-state index in [1.165, 1.54) is 38.8 Å². The highest BCUT2D eigenvalue weighted by atomic mass is 32.2. The van der Waals surface area contributed by atoms with E-state index in [2.05, 4.69) is 15.4 Å². The van der Waals surface area contributed by atoms with E-state index in [0.29, 0.717) is 11.3 Å². The van der Waals surface area contributed by atoms with Gasteiger partial charge in [-0.3, -0.25) is 9.59 Å². The van der Waals surface area contributed by atoms with Gasteiger partial charge in [0.2, 0.25) is 10.0 Å². The summed E-state index contributed by atoms with van der Waals surface area (Å²) in [6.45, 7) is 1.80. The molecule has 1 fully saturated rings. The first-order chi connectivity index (χ1) is 15.2. The van der Waals surface area contributed by atoms with Crippen molar-refractivity contribution in [3.8, 4) is 5.75 Å². The molecule has 2 aromatic carbocycles. The molecule has 0 spiro atoms. The first-order valence-corrected chi connectivity index (χ1v) is 12.1. The summed E-state index contributed by atoms with van der Waals surface area (Å²) in [6.07, 6.45) is 5.50. The average molecular weight is 460 g/mol. The zero-order chi connectivity index (χ0) is 23.3. The van der Waals surface area contributed by atoms with E-state index in [0.717, 1.165) is 31.2 Å². The molecule has 0 aliphatic heterocycles. The van der Waals surface area contributed by atoms with E-state index in [1.54, 1.807) is 25.1 Å². The maximum absolute atomic E-state index is 12.8. The zero-order valence-corrected chi connectivity index (χ0v) is 19.3. The number of hydrogen-bond donors (Lipinski definition) is 3. The molecule has 32 heavy (non-hydrogen) atoms. The van der Waals surface area contributed by atoms with Crippen LogP contribution in [0.4, 0.5) is 5.69 Å². The predicted octanol–water partition coefficient (Wildman–Crippen LogP) is 3.23. The van der Waals surface area contributed by atoms with E-state index in [-0.39, 0.29) is 28.2 Å². The molecule has 0 aromatic heterocycles. The van der Waals surface area contributed by atoms with Gasteiger partial charge in [-0.2, -0.15) is 0 Å². The van der Waals surface area contributed by atoms with Gasteiger partial charge in [0.25, 0.3) is 11.8 Å². The molecular weight excluding hydrogens is 430 g/mol. The van der Waals surface area contributed by atoms with Crippen LogP contribution in [0.3, 0.4) is 0 Å². The van der Waals surface area contributed by atoms with E-state index >= 15 is 0 Å². The molecule has 0 saturated heterocycles. The van der Waals surface area contributed by atoms with E-state index in [9.17, 15) is 18.0 Å². The van der Waals surface area contributed by atoms with Crippen LogP contribution in [0.25, 0.3) is 0 Å². The maximum atomic E-state index is 12.8. The van der Waals surface area contributed by atoms with Gasteiger partial charge in [0.15, 0.2) is 0 Å². The van der Waals surface area contributed by atoms with Crippen molar-refractivity contribution in [3.05, 3.63) is 53.1 Å². The van der Waals surface area contributed by atoms with Crippen molar-refractivity contribution >= 4 is 27.5 Å². The summed E-state index contributed by atoms with van der Waals surface area (Å²) < 4.78 is 31.8. The minimum absolute atomic E-state index is 0.116. The number of rotatable bonds is 7. The van der Waals surface area contributed by atoms with Gasteiger partial charge in [-0.1, -0.05) is 19.3 Å².